The molecule has 10 heteroatoms. The highest BCUT2D eigenvalue weighted by Crippen LogP contribution is 2.36. The normalized spacial score (nSPS) is 15.5. The molecule has 4 N–H and O–H groups in total. The van der Waals surface area contributed by atoms with E-state index in [0.29, 0.717) is 17.9 Å². The van der Waals surface area contributed by atoms with E-state index in [-0.39, 0.29) is 12.1 Å². The lowest BCUT2D eigenvalue weighted by Gasteiger charge is -2.22. The monoisotopic (exact) mass is 388 g/mol. The molecule has 2 aromatic rings. The van der Waals surface area contributed by atoms with Gasteiger partial charge in [0, 0.05) is 17.4 Å². The molecule has 0 unspecified atom stereocenters. The number of rotatable bonds is 7. The van der Waals surface area contributed by atoms with E-state index in [4.69, 9.17) is 11.6 Å². The second-order valence-corrected chi connectivity index (χ2v) is 6.89. The molecule has 1 aliphatic carbocycles. The van der Waals surface area contributed by atoms with Crippen molar-refractivity contribution in [3.8, 4) is 0 Å². The van der Waals surface area contributed by atoms with Crippen LogP contribution in [0.1, 0.15) is 28.9 Å². The van der Waals surface area contributed by atoms with Crippen LogP contribution in [-0.4, -0.2) is 50.4 Å². The minimum Gasteiger partial charge on any atom is -0.426 e. The first-order valence-corrected chi connectivity index (χ1v) is 8.77. The lowest BCUT2D eigenvalue weighted by molar-refractivity contribution is -0.124. The summed E-state index contributed by atoms with van der Waals surface area (Å²) in [5.41, 5.74) is -0.176. The molecular weight excluding hydrogens is 370 g/mol. The topological polar surface area (TPSA) is 124 Å². The molecule has 1 saturated carbocycles. The van der Waals surface area contributed by atoms with Crippen molar-refractivity contribution in [3.05, 3.63) is 59.1 Å². The average Bonchev–Trinajstić information content (AvgIpc) is 3.44. The van der Waals surface area contributed by atoms with Gasteiger partial charge in [-0.2, -0.15) is 0 Å². The number of halogens is 1. The molecule has 0 bridgehead atoms. The van der Waals surface area contributed by atoms with Gasteiger partial charge in [0.25, 0.3) is 5.91 Å². The zero-order valence-corrected chi connectivity index (χ0v) is 15.1. The Balaban J connectivity index is 1.64. The summed E-state index contributed by atoms with van der Waals surface area (Å²) in [5.74, 6) is -1.90. The van der Waals surface area contributed by atoms with Crippen molar-refractivity contribution in [2.75, 3.05) is 0 Å². The van der Waals surface area contributed by atoms with E-state index >= 15 is 0 Å². The van der Waals surface area contributed by atoms with Gasteiger partial charge in [-0.15, -0.1) is 0 Å². The molecule has 27 heavy (non-hydrogen) atoms. The zero-order valence-electron chi connectivity index (χ0n) is 14.3. The Hall–Kier alpha value is -2.49. The number of benzene rings is 1. The van der Waals surface area contributed by atoms with Crippen molar-refractivity contribution >= 4 is 30.5 Å². The smallest absolute Gasteiger partial charge is 0.426 e. The standard InChI is InChI=1S/C17H18BClN4O4/c19-12-3-1-11(2-4-12)9-14(18(26)27)22-16(25)17(5-6-17)23-15(24)13-10-20-7-8-21-13/h1-4,7-8,10,14,26-27H,5-6,9H2,(H,22,25)(H,23,24)/t14-/m0/s1. The van der Waals surface area contributed by atoms with Gasteiger partial charge in [0.1, 0.15) is 11.2 Å². The van der Waals surface area contributed by atoms with E-state index in [1.165, 1.54) is 18.6 Å². The van der Waals surface area contributed by atoms with Crippen LogP contribution in [0.3, 0.4) is 0 Å². The quantitative estimate of drug-likeness (QED) is 0.500. The van der Waals surface area contributed by atoms with E-state index in [2.05, 4.69) is 20.6 Å². The van der Waals surface area contributed by atoms with E-state index < -0.39 is 30.4 Å². The second-order valence-electron chi connectivity index (χ2n) is 6.45. The maximum Gasteiger partial charge on any atom is 0.475 e. The molecule has 8 nitrogen and oxygen atoms in total. The Morgan fingerprint density at radius 3 is 2.48 bits per heavy atom. The van der Waals surface area contributed by atoms with Crippen LogP contribution in [-0.2, 0) is 11.2 Å². The van der Waals surface area contributed by atoms with Gasteiger partial charge in [0.15, 0.2) is 0 Å². The summed E-state index contributed by atoms with van der Waals surface area (Å²) in [4.78, 5) is 32.6. The van der Waals surface area contributed by atoms with Gasteiger partial charge in [-0.05, 0) is 37.0 Å². The SMILES string of the molecule is O=C(NC1(C(=O)N[C@@H](Cc2ccc(Cl)cc2)B(O)O)CC1)c1cnccn1. The lowest BCUT2D eigenvalue weighted by Crippen LogP contribution is -2.56. The van der Waals surface area contributed by atoms with Crippen LogP contribution in [0.5, 0.6) is 0 Å². The Kier molecular flexibility index (Phi) is 5.74. The second kappa shape index (κ2) is 8.04. The molecule has 1 heterocycles. The number of aromatic nitrogens is 2. The Labute approximate surface area is 161 Å². The zero-order chi connectivity index (χ0) is 19.4. The summed E-state index contributed by atoms with van der Waals surface area (Å²) in [6, 6.07) is 6.85. The van der Waals surface area contributed by atoms with E-state index in [1.54, 1.807) is 24.3 Å². The molecule has 3 rings (SSSR count). The minimum atomic E-state index is -1.75. The third-order valence-corrected chi connectivity index (χ3v) is 4.63. The maximum atomic E-state index is 12.6. The number of nitrogens with one attached hydrogen (secondary N) is 2. The molecule has 1 aliphatic rings. The summed E-state index contributed by atoms with van der Waals surface area (Å²) in [5, 5.41) is 25.1. The van der Waals surface area contributed by atoms with Gasteiger partial charge in [-0.1, -0.05) is 23.7 Å². The van der Waals surface area contributed by atoms with E-state index in [1.807, 2.05) is 0 Å². The molecule has 2 amide bonds. The third-order valence-electron chi connectivity index (χ3n) is 4.38. The van der Waals surface area contributed by atoms with Crippen LogP contribution in [0.2, 0.25) is 5.02 Å². The molecule has 0 saturated heterocycles. The molecule has 0 radical (unpaired) electrons. The molecule has 1 aromatic heterocycles. The van der Waals surface area contributed by atoms with Gasteiger partial charge < -0.3 is 20.7 Å². The fourth-order valence-electron chi connectivity index (χ4n) is 2.64. The van der Waals surface area contributed by atoms with Crippen LogP contribution in [0.25, 0.3) is 0 Å². The molecule has 1 aromatic carbocycles. The van der Waals surface area contributed by atoms with E-state index in [0.717, 1.165) is 5.56 Å². The molecule has 1 atom stereocenters. The first-order chi connectivity index (χ1) is 12.9. The first-order valence-electron chi connectivity index (χ1n) is 8.40. The van der Waals surface area contributed by atoms with Gasteiger partial charge in [0.2, 0.25) is 5.91 Å². The van der Waals surface area contributed by atoms with Crippen molar-refractivity contribution in [3.63, 3.8) is 0 Å². The summed E-state index contributed by atoms with van der Waals surface area (Å²) in [6.07, 6.45) is 5.26. The van der Waals surface area contributed by atoms with Gasteiger partial charge in [-0.25, -0.2) is 4.98 Å². The van der Waals surface area contributed by atoms with Crippen molar-refractivity contribution in [2.45, 2.75) is 30.7 Å². The Morgan fingerprint density at radius 2 is 1.93 bits per heavy atom. The predicted molar refractivity (Wildman–Crippen MR) is 98.7 cm³/mol. The minimum absolute atomic E-state index is 0.108. The predicted octanol–water partition coefficient (Wildman–Crippen LogP) is 0.132. The van der Waals surface area contributed by atoms with Gasteiger partial charge in [-0.3, -0.25) is 14.6 Å². The van der Waals surface area contributed by atoms with Crippen molar-refractivity contribution in [1.29, 1.82) is 0 Å². The van der Waals surface area contributed by atoms with Crippen LogP contribution in [0.4, 0.5) is 0 Å². The lowest BCUT2D eigenvalue weighted by atomic mass is 9.75. The van der Waals surface area contributed by atoms with Gasteiger partial charge in [0.05, 0.1) is 12.1 Å². The van der Waals surface area contributed by atoms with Gasteiger partial charge >= 0.3 is 7.12 Å². The van der Waals surface area contributed by atoms with Crippen molar-refractivity contribution in [2.24, 2.45) is 0 Å². The summed E-state index contributed by atoms with van der Waals surface area (Å²) >= 11 is 5.84. The highest BCUT2D eigenvalue weighted by atomic mass is 35.5. The molecule has 140 valence electrons. The van der Waals surface area contributed by atoms with Crippen molar-refractivity contribution in [1.82, 2.24) is 20.6 Å². The van der Waals surface area contributed by atoms with Crippen molar-refractivity contribution < 1.29 is 19.6 Å². The fraction of sp³-hybridized carbons (Fsp3) is 0.294. The number of amides is 2. The van der Waals surface area contributed by atoms with Crippen LogP contribution in [0.15, 0.2) is 42.9 Å². The summed E-state index contributed by atoms with van der Waals surface area (Å²) in [6.45, 7) is 0. The third kappa shape index (κ3) is 4.82. The fourth-order valence-corrected chi connectivity index (χ4v) is 2.77. The highest BCUT2D eigenvalue weighted by Gasteiger charge is 2.52. The number of carbonyl (C=O) groups is 2. The summed E-state index contributed by atoms with van der Waals surface area (Å²) in [7, 11) is -1.75. The molecular formula is C17H18BClN4O4. The number of nitrogens with zero attached hydrogens (tertiary/aromatic N) is 2. The average molecular weight is 389 g/mol. The highest BCUT2D eigenvalue weighted by molar-refractivity contribution is 6.43. The van der Waals surface area contributed by atoms with E-state index in [9.17, 15) is 19.6 Å². The van der Waals surface area contributed by atoms with Crippen LogP contribution in [0, 0.1) is 0 Å². The molecule has 0 spiro atoms. The molecule has 1 fully saturated rings. The first kappa shape index (κ1) is 19.3. The maximum absolute atomic E-state index is 12.6. The largest absolute Gasteiger partial charge is 0.475 e. The Morgan fingerprint density at radius 1 is 1.22 bits per heavy atom. The summed E-state index contributed by atoms with van der Waals surface area (Å²) < 4.78 is 0. The molecule has 0 aliphatic heterocycles. The van der Waals surface area contributed by atoms with Crippen LogP contribution >= 0.6 is 11.6 Å². The Bertz CT molecular complexity index is 815. The number of carbonyl (C=O) groups excluding carboxylic acids is 2. The van der Waals surface area contributed by atoms with Crippen LogP contribution < -0.4 is 10.6 Å². The number of hydrogen-bond acceptors (Lipinski definition) is 6. The number of hydrogen-bond donors (Lipinski definition) is 4.